The average Bonchev–Trinajstić information content (AvgIpc) is 2.27. The molecule has 0 fully saturated rings. The molecule has 0 amide bonds. The minimum Gasteiger partial charge on any atom is -0.318 e. The van der Waals surface area contributed by atoms with Gasteiger partial charge in [-0.1, -0.05) is 17.7 Å². The van der Waals surface area contributed by atoms with E-state index < -0.39 is 31.7 Å². The molecular weight excluding hydrogens is 340 g/mol. The van der Waals surface area contributed by atoms with Gasteiger partial charge < -0.3 is 5.32 Å². The van der Waals surface area contributed by atoms with E-state index in [4.69, 9.17) is 11.6 Å². The summed E-state index contributed by atoms with van der Waals surface area (Å²) in [6.07, 6.45) is -4.79. The Morgan fingerprint density at radius 3 is 2.35 bits per heavy atom. The third kappa shape index (κ3) is 4.78. The van der Waals surface area contributed by atoms with Crippen LogP contribution in [0.2, 0.25) is 5.02 Å². The molecule has 1 aromatic carbocycles. The van der Waals surface area contributed by atoms with E-state index >= 15 is 0 Å². The van der Waals surface area contributed by atoms with Gasteiger partial charge in [-0.15, -0.1) is 12.4 Å². The molecule has 0 saturated heterocycles. The van der Waals surface area contributed by atoms with E-state index in [2.05, 4.69) is 10.0 Å². The molecule has 0 aromatic heterocycles. The van der Waals surface area contributed by atoms with Crippen LogP contribution in [0, 0.1) is 0 Å². The fraction of sp³-hybridized carbons (Fsp3) is 0.400. The number of likely N-dealkylation sites (N-methyl/N-ethyl adjacent to an activating group) is 1. The first-order valence-electron chi connectivity index (χ1n) is 5.20. The van der Waals surface area contributed by atoms with Crippen molar-refractivity contribution in [3.8, 4) is 0 Å². The summed E-state index contributed by atoms with van der Waals surface area (Å²) in [5, 5.41) is 2.20. The van der Waals surface area contributed by atoms with Crippen LogP contribution >= 0.6 is 24.0 Å². The highest BCUT2D eigenvalue weighted by molar-refractivity contribution is 7.89. The summed E-state index contributed by atoms with van der Waals surface area (Å²) < 4.78 is 64.2. The summed E-state index contributed by atoms with van der Waals surface area (Å²) in [6, 6.07) is 2.83. The number of rotatable bonds is 5. The molecule has 20 heavy (non-hydrogen) atoms. The van der Waals surface area contributed by atoms with Crippen molar-refractivity contribution in [1.29, 1.82) is 0 Å². The predicted molar refractivity (Wildman–Crippen MR) is 72.8 cm³/mol. The number of nitrogens with one attached hydrogen (secondary N) is 2. The second-order valence-electron chi connectivity index (χ2n) is 3.62. The predicted octanol–water partition coefficient (Wildman–Crippen LogP) is 2.28. The number of sulfonamides is 1. The van der Waals surface area contributed by atoms with Crippen molar-refractivity contribution < 1.29 is 21.6 Å². The Morgan fingerprint density at radius 1 is 1.25 bits per heavy atom. The summed E-state index contributed by atoms with van der Waals surface area (Å²) in [5.74, 6) is 0. The molecule has 0 radical (unpaired) electrons. The maximum atomic E-state index is 12.8. The van der Waals surface area contributed by atoms with Crippen LogP contribution < -0.4 is 10.0 Å². The van der Waals surface area contributed by atoms with Gasteiger partial charge in [0.15, 0.2) is 0 Å². The third-order valence-electron chi connectivity index (χ3n) is 2.21. The van der Waals surface area contributed by atoms with Crippen LogP contribution in [-0.4, -0.2) is 28.6 Å². The molecular formula is C10H13Cl2F3N2O2S. The Balaban J connectivity index is 0.00000361. The first-order valence-corrected chi connectivity index (χ1v) is 7.06. The molecule has 0 aliphatic heterocycles. The van der Waals surface area contributed by atoms with Crippen LogP contribution in [0.5, 0.6) is 0 Å². The molecule has 1 rings (SSSR count). The molecule has 4 nitrogen and oxygen atoms in total. The standard InChI is InChI=1S/C10H12ClF3N2O2S.ClH/c1-15-5-6-16-19(17,18)9-7(10(12,13)14)3-2-4-8(9)11;/h2-4,15-16H,5-6H2,1H3;1H. The van der Waals surface area contributed by atoms with Gasteiger partial charge in [-0.3, -0.25) is 0 Å². The highest BCUT2D eigenvalue weighted by Gasteiger charge is 2.38. The molecule has 0 atom stereocenters. The normalized spacial score (nSPS) is 12.1. The first kappa shape index (κ1) is 19.5. The number of alkyl halides is 3. The Hall–Kier alpha value is -0.540. The molecule has 0 bridgehead atoms. The van der Waals surface area contributed by atoms with Crippen LogP contribution in [0.3, 0.4) is 0 Å². The lowest BCUT2D eigenvalue weighted by atomic mass is 10.2. The average molecular weight is 353 g/mol. The monoisotopic (exact) mass is 352 g/mol. The van der Waals surface area contributed by atoms with Crippen LogP contribution in [0.25, 0.3) is 0 Å². The maximum Gasteiger partial charge on any atom is 0.417 e. The zero-order valence-electron chi connectivity index (χ0n) is 10.3. The van der Waals surface area contributed by atoms with Crippen LogP contribution in [-0.2, 0) is 16.2 Å². The lowest BCUT2D eigenvalue weighted by Gasteiger charge is -2.15. The Bertz CT molecular complexity index is 550. The number of hydrogen-bond acceptors (Lipinski definition) is 3. The zero-order chi connectivity index (χ0) is 14.7. The van der Waals surface area contributed by atoms with Gasteiger partial charge in [0.05, 0.1) is 10.6 Å². The van der Waals surface area contributed by atoms with Gasteiger partial charge in [-0.2, -0.15) is 13.2 Å². The van der Waals surface area contributed by atoms with Gasteiger partial charge in [0.1, 0.15) is 4.90 Å². The molecule has 0 saturated carbocycles. The third-order valence-corrected chi connectivity index (χ3v) is 4.20. The molecule has 0 aliphatic carbocycles. The lowest BCUT2D eigenvalue weighted by molar-refractivity contribution is -0.139. The van der Waals surface area contributed by atoms with Crippen molar-refractivity contribution in [2.75, 3.05) is 20.1 Å². The van der Waals surface area contributed by atoms with Crippen LogP contribution in [0.15, 0.2) is 23.1 Å². The largest absolute Gasteiger partial charge is 0.417 e. The maximum absolute atomic E-state index is 12.8. The molecule has 10 heteroatoms. The van der Waals surface area contributed by atoms with Gasteiger partial charge in [-0.05, 0) is 19.2 Å². The van der Waals surface area contributed by atoms with Crippen LogP contribution in [0.4, 0.5) is 13.2 Å². The Kier molecular flexibility index (Phi) is 7.26. The molecule has 2 N–H and O–H groups in total. The zero-order valence-corrected chi connectivity index (χ0v) is 12.7. The minimum absolute atomic E-state index is 0. The van der Waals surface area contributed by atoms with E-state index in [1.165, 1.54) is 0 Å². The minimum atomic E-state index is -4.79. The van der Waals surface area contributed by atoms with Crippen molar-refractivity contribution in [2.45, 2.75) is 11.1 Å². The van der Waals surface area contributed by atoms with E-state index in [0.717, 1.165) is 12.1 Å². The summed E-state index contributed by atoms with van der Waals surface area (Å²) in [4.78, 5) is -0.944. The Labute approximate surface area is 126 Å². The van der Waals surface area contributed by atoms with E-state index in [-0.39, 0.29) is 25.5 Å². The van der Waals surface area contributed by atoms with Gasteiger partial charge >= 0.3 is 6.18 Å². The fourth-order valence-corrected chi connectivity index (χ4v) is 3.18. The number of hydrogen-bond donors (Lipinski definition) is 2. The summed E-state index contributed by atoms with van der Waals surface area (Å²) in [6.45, 7) is 0.242. The summed E-state index contributed by atoms with van der Waals surface area (Å²) in [5.41, 5.74) is -1.28. The summed E-state index contributed by atoms with van der Waals surface area (Å²) in [7, 11) is -2.73. The van der Waals surface area contributed by atoms with Crippen molar-refractivity contribution in [3.63, 3.8) is 0 Å². The molecule has 0 aliphatic rings. The number of benzene rings is 1. The second kappa shape index (κ2) is 7.46. The van der Waals surface area contributed by atoms with E-state index in [9.17, 15) is 21.6 Å². The molecule has 0 spiro atoms. The smallest absolute Gasteiger partial charge is 0.318 e. The second-order valence-corrected chi connectivity index (χ2v) is 5.73. The SMILES string of the molecule is CNCCNS(=O)(=O)c1c(Cl)cccc1C(F)(F)F.Cl. The van der Waals surface area contributed by atoms with Gasteiger partial charge in [0.25, 0.3) is 0 Å². The van der Waals surface area contributed by atoms with E-state index in [1.807, 2.05) is 0 Å². The van der Waals surface area contributed by atoms with E-state index in [1.54, 1.807) is 7.05 Å². The molecule has 116 valence electrons. The molecule has 0 unspecified atom stereocenters. The van der Waals surface area contributed by atoms with Gasteiger partial charge in [-0.25, -0.2) is 13.1 Å². The van der Waals surface area contributed by atoms with Crippen molar-refractivity contribution in [1.82, 2.24) is 10.0 Å². The molecule has 0 heterocycles. The van der Waals surface area contributed by atoms with Crippen molar-refractivity contribution >= 4 is 34.0 Å². The highest BCUT2D eigenvalue weighted by Crippen LogP contribution is 2.37. The highest BCUT2D eigenvalue weighted by atomic mass is 35.5. The molecule has 1 aromatic rings. The lowest BCUT2D eigenvalue weighted by Crippen LogP contribution is -2.32. The Morgan fingerprint density at radius 2 is 1.85 bits per heavy atom. The first-order chi connectivity index (χ1) is 8.70. The quantitative estimate of drug-likeness (QED) is 0.799. The van der Waals surface area contributed by atoms with Gasteiger partial charge in [0, 0.05) is 13.1 Å². The number of halogens is 5. The van der Waals surface area contributed by atoms with Gasteiger partial charge in [0.2, 0.25) is 10.0 Å². The van der Waals surface area contributed by atoms with Crippen molar-refractivity contribution in [2.24, 2.45) is 0 Å². The topological polar surface area (TPSA) is 58.2 Å². The summed E-state index contributed by atoms with van der Waals surface area (Å²) >= 11 is 5.60. The van der Waals surface area contributed by atoms with Crippen molar-refractivity contribution in [3.05, 3.63) is 28.8 Å². The fourth-order valence-electron chi connectivity index (χ4n) is 1.39. The van der Waals surface area contributed by atoms with E-state index in [0.29, 0.717) is 6.07 Å². The van der Waals surface area contributed by atoms with Crippen LogP contribution in [0.1, 0.15) is 5.56 Å².